The molecule has 0 aliphatic heterocycles. The Kier molecular flexibility index (Phi) is 28.0. The highest BCUT2D eigenvalue weighted by atomic mass is 16.5. The zero-order chi connectivity index (χ0) is 49.2. The summed E-state index contributed by atoms with van der Waals surface area (Å²) in [5.74, 6) is 7.25. The van der Waals surface area contributed by atoms with E-state index in [0.717, 1.165) is 42.8 Å². The van der Waals surface area contributed by atoms with Gasteiger partial charge in [-0.3, -0.25) is 19.4 Å². The third-order valence-corrected chi connectivity index (χ3v) is 10.5. The normalized spacial score (nSPS) is 12.2. The third kappa shape index (κ3) is 22.4. The Labute approximate surface area is 403 Å². The smallest absolute Gasteiger partial charge is 0.247 e. The fourth-order valence-corrected chi connectivity index (χ4v) is 6.71. The maximum Gasteiger partial charge on any atom is 0.247 e. The number of carbonyl (C=O) groups is 3. The number of hydrazone groups is 1. The third-order valence-electron chi connectivity index (χ3n) is 10.5. The summed E-state index contributed by atoms with van der Waals surface area (Å²) in [7, 11) is 3.67. The minimum absolute atomic E-state index is 0.121. The second-order valence-electron chi connectivity index (χ2n) is 15.9. The second kappa shape index (κ2) is 34.0. The highest BCUT2D eigenvalue weighted by Gasteiger charge is 2.33. The van der Waals surface area contributed by atoms with Crippen molar-refractivity contribution < 1.29 is 42.8 Å². The molecular formula is C52H73N7O9. The molecule has 4 N–H and O–H groups in total. The fraction of sp³-hybridized carbons (Fsp3) is 0.442. The number of aliphatic imine (C=N–C) groups is 1. The summed E-state index contributed by atoms with van der Waals surface area (Å²) in [5.41, 5.74) is 3.84. The van der Waals surface area contributed by atoms with Crippen molar-refractivity contribution in [2.75, 3.05) is 98.5 Å². The van der Waals surface area contributed by atoms with Crippen molar-refractivity contribution in [3.63, 3.8) is 0 Å². The van der Waals surface area contributed by atoms with Crippen LogP contribution in [0.1, 0.15) is 56.7 Å². The second-order valence-corrected chi connectivity index (χ2v) is 15.9. The number of methoxy groups -OCH3 is 1. The number of nitrogens with one attached hydrogen (secondary N) is 2. The van der Waals surface area contributed by atoms with Crippen molar-refractivity contribution >= 4 is 35.8 Å². The molecular weight excluding hydrogens is 867 g/mol. The van der Waals surface area contributed by atoms with Crippen LogP contribution in [0.25, 0.3) is 0 Å². The van der Waals surface area contributed by atoms with E-state index in [1.807, 2.05) is 50.2 Å². The highest BCUT2D eigenvalue weighted by molar-refractivity contribution is 6.30. The highest BCUT2D eigenvalue weighted by Crippen LogP contribution is 2.27. The molecule has 0 aliphatic carbocycles. The fourth-order valence-electron chi connectivity index (χ4n) is 6.71. The molecule has 370 valence electrons. The summed E-state index contributed by atoms with van der Waals surface area (Å²) in [6.07, 6.45) is 10.6. The number of ether oxygens (including phenoxy) is 6. The van der Waals surface area contributed by atoms with Crippen LogP contribution >= 0.6 is 0 Å². The van der Waals surface area contributed by atoms with Gasteiger partial charge in [0.1, 0.15) is 29.9 Å². The molecule has 0 aliphatic rings. The SMILES string of the molecule is C=C/C=C(\C=C)CNC(=O)C(c1ccc(OC)cc1)N(C(=O)CCc1ccc(OCCCCN(C)CCOCCOCC/C(C=NCCOCCOc2ccc(NC=O)cc2)=N/N)cc1)C(C)C. The van der Waals surface area contributed by atoms with Crippen LogP contribution in [0.5, 0.6) is 17.2 Å². The first-order chi connectivity index (χ1) is 33.1. The van der Waals surface area contributed by atoms with Crippen LogP contribution in [0, 0.1) is 0 Å². The molecule has 16 nitrogen and oxygen atoms in total. The van der Waals surface area contributed by atoms with E-state index < -0.39 is 6.04 Å². The van der Waals surface area contributed by atoms with Gasteiger partial charge < -0.3 is 54.7 Å². The molecule has 16 heteroatoms. The molecule has 3 aromatic rings. The number of allylic oxidation sites excluding steroid dienone is 2. The van der Waals surface area contributed by atoms with E-state index in [0.29, 0.717) is 107 Å². The number of nitrogens with two attached hydrogens (primary N) is 1. The summed E-state index contributed by atoms with van der Waals surface area (Å²) in [6.45, 7) is 17.8. The number of rotatable bonds is 37. The molecule has 0 saturated carbocycles. The lowest BCUT2D eigenvalue weighted by Crippen LogP contribution is -2.47. The molecule has 0 spiro atoms. The first-order valence-corrected chi connectivity index (χ1v) is 23.1. The zero-order valence-electron chi connectivity index (χ0n) is 40.4. The van der Waals surface area contributed by atoms with Crippen LogP contribution in [0.3, 0.4) is 0 Å². The molecule has 0 radical (unpaired) electrons. The summed E-state index contributed by atoms with van der Waals surface area (Å²) < 4.78 is 34.0. The van der Waals surface area contributed by atoms with Crippen molar-refractivity contribution in [2.24, 2.45) is 15.9 Å². The Morgan fingerprint density at radius 2 is 1.43 bits per heavy atom. The number of aryl methyl sites for hydroxylation is 1. The average molecular weight is 940 g/mol. The number of hydrogen-bond donors (Lipinski definition) is 3. The van der Waals surface area contributed by atoms with E-state index in [9.17, 15) is 14.4 Å². The Hall–Kier alpha value is -6.33. The van der Waals surface area contributed by atoms with E-state index in [-0.39, 0.29) is 30.8 Å². The molecule has 1 unspecified atom stereocenters. The van der Waals surface area contributed by atoms with Gasteiger partial charge in [-0.2, -0.15) is 5.10 Å². The average Bonchev–Trinajstić information content (AvgIpc) is 3.35. The Balaban J connectivity index is 1.25. The summed E-state index contributed by atoms with van der Waals surface area (Å²) >= 11 is 0. The molecule has 3 rings (SSSR count). The molecule has 0 fully saturated rings. The topological polar surface area (TPSA) is 188 Å². The molecule has 0 bridgehead atoms. The van der Waals surface area contributed by atoms with Gasteiger partial charge in [-0.1, -0.05) is 55.7 Å². The van der Waals surface area contributed by atoms with Gasteiger partial charge in [0.2, 0.25) is 18.2 Å². The maximum atomic E-state index is 13.9. The van der Waals surface area contributed by atoms with Crippen LogP contribution in [-0.2, 0) is 35.0 Å². The van der Waals surface area contributed by atoms with Crippen molar-refractivity contribution in [1.29, 1.82) is 0 Å². The molecule has 3 aromatic carbocycles. The van der Waals surface area contributed by atoms with E-state index in [2.05, 4.69) is 45.8 Å². The molecule has 0 heterocycles. The van der Waals surface area contributed by atoms with E-state index in [1.54, 1.807) is 72.9 Å². The van der Waals surface area contributed by atoms with Crippen molar-refractivity contribution in [1.82, 2.24) is 15.1 Å². The van der Waals surface area contributed by atoms with Gasteiger partial charge in [0.05, 0.1) is 65.6 Å². The Morgan fingerprint density at radius 1 is 0.779 bits per heavy atom. The van der Waals surface area contributed by atoms with Gasteiger partial charge in [-0.25, -0.2) is 0 Å². The molecule has 0 aromatic heterocycles. The first-order valence-electron chi connectivity index (χ1n) is 23.1. The quantitative estimate of drug-likeness (QED) is 0.0142. The van der Waals surface area contributed by atoms with E-state index in [4.69, 9.17) is 34.3 Å². The number of carbonyl (C=O) groups excluding carboxylic acids is 3. The van der Waals surface area contributed by atoms with Crippen LogP contribution in [-0.4, -0.2) is 139 Å². The van der Waals surface area contributed by atoms with Gasteiger partial charge in [-0.05, 0) is 112 Å². The zero-order valence-corrected chi connectivity index (χ0v) is 40.4. The van der Waals surface area contributed by atoms with Crippen molar-refractivity contribution in [2.45, 2.75) is 58.0 Å². The van der Waals surface area contributed by atoms with Crippen molar-refractivity contribution in [3.8, 4) is 17.2 Å². The number of benzene rings is 3. The van der Waals surface area contributed by atoms with Crippen LogP contribution in [0.15, 0.2) is 120 Å². The van der Waals surface area contributed by atoms with Crippen LogP contribution in [0.2, 0.25) is 0 Å². The molecule has 68 heavy (non-hydrogen) atoms. The number of likely N-dealkylation sites (N-methyl/N-ethyl adjacent to an activating group) is 1. The maximum absolute atomic E-state index is 13.9. The Morgan fingerprint density at radius 3 is 2.07 bits per heavy atom. The predicted octanol–water partition coefficient (Wildman–Crippen LogP) is 6.58. The van der Waals surface area contributed by atoms with Gasteiger partial charge in [-0.15, -0.1) is 0 Å². The monoisotopic (exact) mass is 940 g/mol. The predicted molar refractivity (Wildman–Crippen MR) is 270 cm³/mol. The van der Waals surface area contributed by atoms with Crippen LogP contribution < -0.4 is 30.7 Å². The summed E-state index contributed by atoms with van der Waals surface area (Å²) in [6, 6.07) is 21.1. The van der Waals surface area contributed by atoms with E-state index in [1.165, 1.54) is 0 Å². The minimum atomic E-state index is -0.835. The number of amides is 3. The molecule has 0 saturated heterocycles. The minimum Gasteiger partial charge on any atom is -0.497 e. The first kappa shape index (κ1) is 56.0. The van der Waals surface area contributed by atoms with Crippen LogP contribution in [0.4, 0.5) is 5.69 Å². The number of unbranched alkanes of at least 4 members (excludes halogenated alkanes) is 1. The van der Waals surface area contributed by atoms with Gasteiger partial charge >= 0.3 is 0 Å². The molecule has 3 amide bonds. The van der Waals surface area contributed by atoms with Gasteiger partial charge in [0.15, 0.2) is 0 Å². The number of hydrogen-bond acceptors (Lipinski definition) is 13. The van der Waals surface area contributed by atoms with Gasteiger partial charge in [0, 0.05) is 43.9 Å². The summed E-state index contributed by atoms with van der Waals surface area (Å²) in [4.78, 5) is 46.4. The van der Waals surface area contributed by atoms with Gasteiger partial charge in [0.25, 0.3) is 0 Å². The molecule has 1 atom stereocenters. The van der Waals surface area contributed by atoms with Crippen molar-refractivity contribution in [3.05, 3.63) is 121 Å². The summed E-state index contributed by atoms with van der Waals surface area (Å²) in [5, 5.41) is 9.35. The Bertz CT molecular complexity index is 2010. The standard InChI is InChI=1S/C52H73N7O9/c1-7-11-42(8-2)38-55-52(62)51(44-15-21-47(63-6)22-16-44)59(41(3)4)50(61)25-14-43-12-19-48(20-13-43)67-30-10-9-28-58(5)29-33-66-35-34-64-31-26-46(57-53)39-54-27-32-65-36-37-68-49-23-17-45(18-24-49)56-40-60/h7-8,11-13,15-24,39-41,51H,1-2,9-10,14,25-38,53H2,3-6H3,(H,55,62)(H,56,60)/b42-11+,54-39?,57-46-. The lowest BCUT2D eigenvalue weighted by molar-refractivity contribution is -0.142. The lowest BCUT2D eigenvalue weighted by Gasteiger charge is -2.35. The number of anilines is 1. The largest absolute Gasteiger partial charge is 0.497 e. The lowest BCUT2D eigenvalue weighted by atomic mass is 10.0. The number of nitrogens with zero attached hydrogens (tertiary/aromatic N) is 4. The van der Waals surface area contributed by atoms with E-state index >= 15 is 0 Å².